The lowest BCUT2D eigenvalue weighted by Crippen LogP contribution is -2.27. The molecule has 1 saturated carbocycles. The number of nitrogens with one attached hydrogen (secondary N) is 1. The van der Waals surface area contributed by atoms with Crippen molar-refractivity contribution in [3.63, 3.8) is 0 Å². The maximum absolute atomic E-state index is 11.8. The predicted octanol–water partition coefficient (Wildman–Crippen LogP) is 2.32. The molecule has 1 aromatic rings. The molecule has 1 amide bonds. The molecular formula is C12H17N3O3S2. The first-order chi connectivity index (χ1) is 9.63. The number of methoxy groups -OCH3 is 1. The minimum atomic E-state index is -0.289. The Bertz CT molecular complexity index is 488. The normalized spacial score (nSPS) is 16.3. The Labute approximate surface area is 125 Å². The van der Waals surface area contributed by atoms with Gasteiger partial charge in [-0.1, -0.05) is 36.4 Å². The summed E-state index contributed by atoms with van der Waals surface area (Å²) in [7, 11) is 1.37. The van der Waals surface area contributed by atoms with Crippen LogP contribution in [0.15, 0.2) is 4.34 Å². The Morgan fingerprint density at radius 2 is 2.25 bits per heavy atom. The van der Waals surface area contributed by atoms with Gasteiger partial charge >= 0.3 is 5.97 Å². The van der Waals surface area contributed by atoms with Gasteiger partial charge in [0.05, 0.1) is 7.11 Å². The molecule has 0 aromatic carbocycles. The first kappa shape index (κ1) is 15.2. The molecule has 1 unspecified atom stereocenters. The summed E-state index contributed by atoms with van der Waals surface area (Å²) in [6.45, 7) is 1.91. The lowest BCUT2D eigenvalue weighted by atomic mass is 9.85. The van der Waals surface area contributed by atoms with Crippen molar-refractivity contribution in [2.24, 2.45) is 5.92 Å². The summed E-state index contributed by atoms with van der Waals surface area (Å²) < 4.78 is 5.39. The number of esters is 1. The molecule has 1 aliphatic carbocycles. The molecular weight excluding hydrogens is 298 g/mol. The van der Waals surface area contributed by atoms with Crippen LogP contribution in [0.2, 0.25) is 0 Å². The molecule has 0 bridgehead atoms. The maximum Gasteiger partial charge on any atom is 0.319 e. The van der Waals surface area contributed by atoms with E-state index in [1.165, 1.54) is 30.2 Å². The third-order valence-electron chi connectivity index (χ3n) is 3.19. The van der Waals surface area contributed by atoms with Gasteiger partial charge in [-0.3, -0.25) is 9.59 Å². The van der Waals surface area contributed by atoms with Gasteiger partial charge in [0, 0.05) is 5.92 Å². The second-order valence-electron chi connectivity index (χ2n) is 4.53. The van der Waals surface area contributed by atoms with Crippen molar-refractivity contribution in [2.75, 3.05) is 12.4 Å². The predicted molar refractivity (Wildman–Crippen MR) is 77.8 cm³/mol. The average molecular weight is 315 g/mol. The van der Waals surface area contributed by atoms with Crippen molar-refractivity contribution in [3.05, 3.63) is 0 Å². The van der Waals surface area contributed by atoms with Crippen LogP contribution in [0.5, 0.6) is 0 Å². The molecule has 1 heterocycles. The average Bonchev–Trinajstić information content (AvgIpc) is 2.80. The topological polar surface area (TPSA) is 81.2 Å². The molecule has 6 nitrogen and oxygen atoms in total. The number of amides is 1. The van der Waals surface area contributed by atoms with E-state index < -0.39 is 0 Å². The molecule has 0 aliphatic heterocycles. The first-order valence-electron chi connectivity index (χ1n) is 6.53. The summed E-state index contributed by atoms with van der Waals surface area (Å²) in [6, 6.07) is 0. The van der Waals surface area contributed by atoms with Crippen LogP contribution >= 0.6 is 23.1 Å². The van der Waals surface area contributed by atoms with Gasteiger partial charge in [0.2, 0.25) is 11.0 Å². The zero-order valence-electron chi connectivity index (χ0n) is 11.4. The summed E-state index contributed by atoms with van der Waals surface area (Å²) >= 11 is 2.60. The molecule has 1 aliphatic rings. The van der Waals surface area contributed by atoms with E-state index in [9.17, 15) is 9.59 Å². The maximum atomic E-state index is 11.8. The standard InChI is InChI=1S/C12H17N3O3S2/c1-3-8(10(17)18-2)19-12-15-14-11(20-12)13-9(16)7-5-4-6-7/h7-8H,3-6H2,1-2H3,(H,13,14,16). The van der Waals surface area contributed by atoms with Crippen LogP contribution in [0.4, 0.5) is 5.13 Å². The number of aromatic nitrogens is 2. The number of hydrogen-bond donors (Lipinski definition) is 1. The van der Waals surface area contributed by atoms with Crippen molar-refractivity contribution in [2.45, 2.75) is 42.2 Å². The van der Waals surface area contributed by atoms with Crippen LogP contribution in [0, 0.1) is 5.92 Å². The lowest BCUT2D eigenvalue weighted by Gasteiger charge is -2.23. The highest BCUT2D eigenvalue weighted by Gasteiger charge is 2.26. The van der Waals surface area contributed by atoms with Crippen molar-refractivity contribution in [1.29, 1.82) is 0 Å². The quantitative estimate of drug-likeness (QED) is 0.493. The van der Waals surface area contributed by atoms with E-state index in [1.807, 2.05) is 6.92 Å². The summed E-state index contributed by atoms with van der Waals surface area (Å²) in [5, 5.41) is 10.9. The zero-order valence-corrected chi connectivity index (χ0v) is 13.1. The summed E-state index contributed by atoms with van der Waals surface area (Å²) in [6.07, 6.45) is 3.67. The summed E-state index contributed by atoms with van der Waals surface area (Å²) in [4.78, 5) is 23.3. The number of carbonyl (C=O) groups is 2. The minimum Gasteiger partial charge on any atom is -0.468 e. The van der Waals surface area contributed by atoms with E-state index in [1.54, 1.807) is 0 Å². The smallest absolute Gasteiger partial charge is 0.319 e. The first-order valence-corrected chi connectivity index (χ1v) is 8.22. The second kappa shape index (κ2) is 7.03. The Morgan fingerprint density at radius 1 is 1.50 bits per heavy atom. The van der Waals surface area contributed by atoms with Crippen molar-refractivity contribution in [1.82, 2.24) is 10.2 Å². The molecule has 0 spiro atoms. The molecule has 1 N–H and O–H groups in total. The van der Waals surface area contributed by atoms with Gasteiger partial charge in [-0.2, -0.15) is 0 Å². The van der Waals surface area contributed by atoms with Crippen molar-refractivity contribution >= 4 is 40.1 Å². The Morgan fingerprint density at radius 3 is 2.80 bits per heavy atom. The van der Waals surface area contributed by atoms with Gasteiger partial charge in [0.15, 0.2) is 4.34 Å². The van der Waals surface area contributed by atoms with Gasteiger partial charge in [-0.05, 0) is 19.3 Å². The van der Waals surface area contributed by atoms with E-state index in [2.05, 4.69) is 15.5 Å². The molecule has 2 rings (SSSR count). The van der Waals surface area contributed by atoms with Crippen LogP contribution in [0.1, 0.15) is 32.6 Å². The Balaban J connectivity index is 1.90. The number of hydrogen-bond acceptors (Lipinski definition) is 7. The van der Waals surface area contributed by atoms with Crippen LogP contribution in [-0.2, 0) is 14.3 Å². The van der Waals surface area contributed by atoms with E-state index in [-0.39, 0.29) is 23.0 Å². The summed E-state index contributed by atoms with van der Waals surface area (Å²) in [5.74, 6) is -0.134. The molecule has 1 atom stereocenters. The Hall–Kier alpha value is -1.15. The fourth-order valence-corrected chi connectivity index (χ4v) is 3.69. The Kier molecular flexibility index (Phi) is 5.36. The van der Waals surface area contributed by atoms with Crippen molar-refractivity contribution in [3.8, 4) is 0 Å². The summed E-state index contributed by atoms with van der Waals surface area (Å²) in [5.41, 5.74) is 0. The second-order valence-corrected chi connectivity index (χ2v) is 6.96. The SMILES string of the molecule is CCC(Sc1nnc(NC(=O)C2CCC2)s1)C(=O)OC. The number of nitrogens with zero attached hydrogens (tertiary/aromatic N) is 2. The molecule has 1 aromatic heterocycles. The van der Waals surface area contributed by atoms with Gasteiger partial charge in [0.25, 0.3) is 0 Å². The number of thioether (sulfide) groups is 1. The lowest BCUT2D eigenvalue weighted by molar-refractivity contribution is -0.140. The highest BCUT2D eigenvalue weighted by molar-refractivity contribution is 8.02. The zero-order chi connectivity index (χ0) is 14.5. The van der Waals surface area contributed by atoms with Gasteiger partial charge in [0.1, 0.15) is 5.25 Å². The molecule has 0 radical (unpaired) electrons. The molecule has 1 fully saturated rings. The van der Waals surface area contributed by atoms with Gasteiger partial charge < -0.3 is 10.1 Å². The van der Waals surface area contributed by atoms with E-state index in [4.69, 9.17) is 4.74 Å². The number of ether oxygens (including phenoxy) is 1. The van der Waals surface area contributed by atoms with Crippen LogP contribution < -0.4 is 5.32 Å². The number of carbonyl (C=O) groups excluding carboxylic acids is 2. The van der Waals surface area contributed by atoms with Gasteiger partial charge in [-0.15, -0.1) is 10.2 Å². The third-order valence-corrected chi connectivity index (χ3v) is 5.46. The van der Waals surface area contributed by atoms with Crippen LogP contribution in [-0.4, -0.2) is 34.4 Å². The van der Waals surface area contributed by atoms with Crippen LogP contribution in [0.25, 0.3) is 0 Å². The molecule has 20 heavy (non-hydrogen) atoms. The highest BCUT2D eigenvalue weighted by atomic mass is 32.2. The van der Waals surface area contributed by atoms with Crippen molar-refractivity contribution < 1.29 is 14.3 Å². The van der Waals surface area contributed by atoms with Gasteiger partial charge in [-0.25, -0.2) is 0 Å². The van der Waals surface area contributed by atoms with E-state index in [0.717, 1.165) is 19.3 Å². The highest BCUT2D eigenvalue weighted by Crippen LogP contribution is 2.32. The fraction of sp³-hybridized carbons (Fsp3) is 0.667. The van der Waals surface area contributed by atoms with Crippen LogP contribution in [0.3, 0.4) is 0 Å². The van der Waals surface area contributed by atoms with E-state index in [0.29, 0.717) is 15.9 Å². The van der Waals surface area contributed by atoms with E-state index >= 15 is 0 Å². The minimum absolute atomic E-state index is 0.0176. The molecule has 0 saturated heterocycles. The number of anilines is 1. The molecule has 110 valence electrons. The monoisotopic (exact) mass is 315 g/mol. The fourth-order valence-electron chi connectivity index (χ4n) is 1.74. The number of rotatable bonds is 6. The largest absolute Gasteiger partial charge is 0.468 e. The third kappa shape index (κ3) is 3.69. The molecule has 8 heteroatoms.